The van der Waals surface area contributed by atoms with E-state index in [0.717, 1.165) is 10.7 Å². The normalized spacial score (nSPS) is 15.9. The minimum atomic E-state index is -4.23. The summed E-state index contributed by atoms with van der Waals surface area (Å²) < 4.78 is 33.0. The van der Waals surface area contributed by atoms with Crippen molar-refractivity contribution in [2.45, 2.75) is 23.8 Å². The number of ether oxygens (including phenoxy) is 1. The maximum Gasteiger partial charge on any atom is 0.326 e. The van der Waals surface area contributed by atoms with Gasteiger partial charge >= 0.3 is 11.9 Å². The average Bonchev–Trinajstić information content (AvgIpc) is 3.32. The summed E-state index contributed by atoms with van der Waals surface area (Å²) in [6.07, 6.45) is 1.24. The molecule has 1 aliphatic rings. The number of sulfonamides is 1. The largest absolute Gasteiger partial charge is 0.497 e. The molecule has 178 valence electrons. The number of aliphatic carboxylic acids is 2. The first-order valence-corrected chi connectivity index (χ1v) is 12.1. The smallest absolute Gasteiger partial charge is 0.326 e. The molecular formula is C24H24N2O7S. The Bertz CT molecular complexity index is 1340. The van der Waals surface area contributed by atoms with Gasteiger partial charge in [-0.1, -0.05) is 24.3 Å². The second kappa shape index (κ2) is 9.22. The molecule has 9 nitrogen and oxygen atoms in total. The predicted octanol–water partition coefficient (Wildman–Crippen LogP) is 3.18. The van der Waals surface area contributed by atoms with Crippen molar-refractivity contribution in [3.8, 4) is 5.75 Å². The molecule has 0 amide bonds. The monoisotopic (exact) mass is 484 g/mol. The van der Waals surface area contributed by atoms with Crippen LogP contribution in [0.3, 0.4) is 0 Å². The van der Waals surface area contributed by atoms with Crippen molar-refractivity contribution in [2.24, 2.45) is 0 Å². The van der Waals surface area contributed by atoms with E-state index in [1.54, 1.807) is 41.3 Å². The molecule has 0 bridgehead atoms. The molecule has 2 N–H and O–H groups in total. The van der Waals surface area contributed by atoms with E-state index in [1.807, 2.05) is 0 Å². The number of fused-ring (bicyclic) bond motifs is 1. The Labute approximate surface area is 196 Å². The van der Waals surface area contributed by atoms with Crippen LogP contribution in [0, 0.1) is 0 Å². The lowest BCUT2D eigenvalue weighted by Gasteiger charge is -2.28. The molecular weight excluding hydrogens is 460 g/mol. The van der Waals surface area contributed by atoms with E-state index >= 15 is 0 Å². The summed E-state index contributed by atoms with van der Waals surface area (Å²) in [6.45, 7) is -0.220. The molecule has 1 atom stereocenters. The number of methoxy groups -OCH3 is 1. The molecule has 0 saturated carbocycles. The molecule has 0 aromatic heterocycles. The number of hydrogen-bond acceptors (Lipinski definition) is 6. The third-order valence-electron chi connectivity index (χ3n) is 5.92. The van der Waals surface area contributed by atoms with Crippen molar-refractivity contribution in [1.82, 2.24) is 0 Å². The fraction of sp³-hybridized carbons (Fsp3) is 0.250. The summed E-state index contributed by atoms with van der Waals surface area (Å²) in [6, 6.07) is 15.2. The molecule has 0 aliphatic carbocycles. The fourth-order valence-corrected chi connectivity index (χ4v) is 5.78. The summed E-state index contributed by atoms with van der Waals surface area (Å²) in [5.41, 5.74) is 0.866. The van der Waals surface area contributed by atoms with E-state index in [9.17, 15) is 28.2 Å². The first-order chi connectivity index (χ1) is 16.2. The highest BCUT2D eigenvalue weighted by atomic mass is 32.2. The number of benzene rings is 3. The lowest BCUT2D eigenvalue weighted by atomic mass is 10.0. The summed E-state index contributed by atoms with van der Waals surface area (Å²) in [4.78, 5) is 25.2. The Morgan fingerprint density at radius 3 is 2.32 bits per heavy atom. The van der Waals surface area contributed by atoms with Crippen molar-refractivity contribution < 1.29 is 33.0 Å². The number of carboxylic acid groups (broad SMARTS) is 2. The minimum Gasteiger partial charge on any atom is -0.497 e. The Balaban J connectivity index is 1.87. The van der Waals surface area contributed by atoms with Crippen LogP contribution in [0.25, 0.3) is 10.8 Å². The van der Waals surface area contributed by atoms with E-state index in [4.69, 9.17) is 4.74 Å². The van der Waals surface area contributed by atoms with E-state index in [1.165, 1.54) is 31.4 Å². The quantitative estimate of drug-likeness (QED) is 0.500. The maximum atomic E-state index is 13.5. The molecule has 1 unspecified atom stereocenters. The number of carboxylic acids is 2. The van der Waals surface area contributed by atoms with Gasteiger partial charge in [-0.3, -0.25) is 9.10 Å². The zero-order chi connectivity index (χ0) is 24.5. The topological polar surface area (TPSA) is 124 Å². The number of rotatable bonds is 8. The molecule has 0 spiro atoms. The second-order valence-corrected chi connectivity index (χ2v) is 9.78. The highest BCUT2D eigenvalue weighted by molar-refractivity contribution is 7.92. The predicted molar refractivity (Wildman–Crippen MR) is 127 cm³/mol. The molecule has 4 rings (SSSR count). The molecule has 1 fully saturated rings. The first-order valence-electron chi connectivity index (χ1n) is 10.6. The summed E-state index contributed by atoms with van der Waals surface area (Å²) in [7, 11) is -2.77. The lowest BCUT2D eigenvalue weighted by molar-refractivity contribution is -0.138. The van der Waals surface area contributed by atoms with Crippen LogP contribution >= 0.6 is 0 Å². The van der Waals surface area contributed by atoms with Crippen LogP contribution in [0.15, 0.2) is 65.6 Å². The molecule has 10 heteroatoms. The second-order valence-electron chi connectivity index (χ2n) is 7.92. The van der Waals surface area contributed by atoms with E-state index in [-0.39, 0.29) is 10.6 Å². The summed E-state index contributed by atoms with van der Waals surface area (Å²) in [5.74, 6) is -1.76. The van der Waals surface area contributed by atoms with E-state index in [2.05, 4.69) is 0 Å². The molecule has 1 aliphatic heterocycles. The Morgan fingerprint density at radius 1 is 1.03 bits per heavy atom. The number of carbonyl (C=O) groups is 2. The third kappa shape index (κ3) is 4.24. The van der Waals surface area contributed by atoms with Gasteiger partial charge in [0, 0.05) is 23.0 Å². The fourth-order valence-electron chi connectivity index (χ4n) is 4.34. The number of hydrogen-bond donors (Lipinski definition) is 2. The molecule has 3 aromatic rings. The van der Waals surface area contributed by atoms with E-state index < -0.39 is 34.5 Å². The van der Waals surface area contributed by atoms with Gasteiger partial charge in [-0.2, -0.15) is 0 Å². The zero-order valence-electron chi connectivity index (χ0n) is 18.4. The van der Waals surface area contributed by atoms with Gasteiger partial charge in [-0.15, -0.1) is 0 Å². The van der Waals surface area contributed by atoms with Gasteiger partial charge in [-0.05, 0) is 49.2 Å². The standard InChI is InChI=1S/C24H24N2O7S/c1-33-16-8-10-17(11-9-16)34(31,32)26(15-23(27)28)21-13-12-20(18-5-2-3-6-19(18)21)25-14-4-7-22(25)24(29)30/h2-3,5-6,8-13,22H,4,7,14-15H2,1H3,(H,27,28)(H,29,30). The molecule has 1 saturated heterocycles. The van der Waals surface area contributed by atoms with Crippen LogP contribution in [-0.4, -0.2) is 56.8 Å². The summed E-state index contributed by atoms with van der Waals surface area (Å²) in [5, 5.41) is 20.3. The van der Waals surface area contributed by atoms with Crippen LogP contribution in [0.4, 0.5) is 11.4 Å². The van der Waals surface area contributed by atoms with Gasteiger partial charge in [0.15, 0.2) is 0 Å². The molecule has 3 aromatic carbocycles. The van der Waals surface area contributed by atoms with Crippen LogP contribution < -0.4 is 13.9 Å². The van der Waals surface area contributed by atoms with Gasteiger partial charge in [0.05, 0.1) is 17.7 Å². The molecule has 0 radical (unpaired) electrons. The van der Waals surface area contributed by atoms with Crippen molar-refractivity contribution in [3.05, 3.63) is 60.7 Å². The van der Waals surface area contributed by atoms with Crippen molar-refractivity contribution in [2.75, 3.05) is 29.4 Å². The van der Waals surface area contributed by atoms with Crippen molar-refractivity contribution in [3.63, 3.8) is 0 Å². The first kappa shape index (κ1) is 23.4. The zero-order valence-corrected chi connectivity index (χ0v) is 19.2. The van der Waals surface area contributed by atoms with Crippen molar-refractivity contribution in [1.29, 1.82) is 0 Å². The maximum absolute atomic E-state index is 13.5. The number of anilines is 2. The minimum absolute atomic E-state index is 0.0757. The Kier molecular flexibility index (Phi) is 6.34. The SMILES string of the molecule is COc1ccc(S(=O)(=O)N(CC(=O)O)c2ccc(N3CCCC3C(=O)O)c3ccccc23)cc1. The van der Waals surface area contributed by atoms with E-state index in [0.29, 0.717) is 35.2 Å². The lowest BCUT2D eigenvalue weighted by Crippen LogP contribution is -2.37. The van der Waals surface area contributed by atoms with Gasteiger partial charge in [0.1, 0.15) is 18.3 Å². The average molecular weight is 485 g/mol. The Morgan fingerprint density at radius 2 is 1.71 bits per heavy atom. The third-order valence-corrected chi connectivity index (χ3v) is 7.69. The van der Waals surface area contributed by atoms with Crippen LogP contribution in [0.2, 0.25) is 0 Å². The Hall–Kier alpha value is -3.79. The molecule has 1 heterocycles. The van der Waals surface area contributed by atoms with Gasteiger partial charge in [-0.25, -0.2) is 13.2 Å². The van der Waals surface area contributed by atoms with Crippen LogP contribution in [0.1, 0.15) is 12.8 Å². The molecule has 34 heavy (non-hydrogen) atoms. The van der Waals surface area contributed by atoms with Gasteiger partial charge < -0.3 is 19.8 Å². The van der Waals surface area contributed by atoms with Crippen LogP contribution in [-0.2, 0) is 19.6 Å². The summed E-state index contributed by atoms with van der Waals surface area (Å²) >= 11 is 0. The highest BCUT2D eigenvalue weighted by Crippen LogP contribution is 2.39. The number of nitrogens with zero attached hydrogens (tertiary/aromatic N) is 2. The highest BCUT2D eigenvalue weighted by Gasteiger charge is 2.33. The van der Waals surface area contributed by atoms with Crippen LogP contribution in [0.5, 0.6) is 5.75 Å². The van der Waals surface area contributed by atoms with Crippen molar-refractivity contribution >= 4 is 44.1 Å². The van der Waals surface area contributed by atoms with Gasteiger partial charge in [0.25, 0.3) is 10.0 Å². The van der Waals surface area contributed by atoms with Gasteiger partial charge in [0.2, 0.25) is 0 Å².